The molecule has 0 spiro atoms. The molecule has 1 fully saturated rings. The van der Waals surface area contributed by atoms with Crippen molar-refractivity contribution in [2.45, 2.75) is 25.8 Å². The van der Waals surface area contributed by atoms with Crippen LogP contribution in [-0.4, -0.2) is 30.0 Å². The van der Waals surface area contributed by atoms with E-state index in [1.54, 1.807) is 18.2 Å². The van der Waals surface area contributed by atoms with Crippen LogP contribution < -0.4 is 4.74 Å². The van der Waals surface area contributed by atoms with Crippen LogP contribution in [0.3, 0.4) is 0 Å². The summed E-state index contributed by atoms with van der Waals surface area (Å²) >= 11 is 3.30. The van der Waals surface area contributed by atoms with E-state index in [-0.39, 0.29) is 12.5 Å². The molecule has 0 unspecified atom stereocenters. The lowest BCUT2D eigenvalue weighted by Gasteiger charge is -2.20. The van der Waals surface area contributed by atoms with E-state index >= 15 is 0 Å². The summed E-state index contributed by atoms with van der Waals surface area (Å²) in [5.74, 6) is 0.433. The van der Waals surface area contributed by atoms with Crippen LogP contribution in [0.1, 0.15) is 25.3 Å². The number of rotatable bonds is 5. The molecule has 2 rings (SSSR count). The Morgan fingerprint density at radius 3 is 2.89 bits per heavy atom. The first-order valence-electron chi connectivity index (χ1n) is 6.27. The summed E-state index contributed by atoms with van der Waals surface area (Å²) in [6, 6.07) is 7.62. The van der Waals surface area contributed by atoms with Crippen molar-refractivity contribution in [2.75, 3.05) is 13.2 Å². The average Bonchev–Trinajstić information content (AvgIpc) is 3.22. The van der Waals surface area contributed by atoms with Crippen molar-refractivity contribution in [1.29, 1.82) is 5.26 Å². The highest BCUT2D eigenvalue weighted by Gasteiger charge is 2.31. The first-order chi connectivity index (χ1) is 9.15. The van der Waals surface area contributed by atoms with Gasteiger partial charge < -0.3 is 9.64 Å². The summed E-state index contributed by atoms with van der Waals surface area (Å²) in [6.07, 6.45) is 2.17. The Labute approximate surface area is 121 Å². The summed E-state index contributed by atoms with van der Waals surface area (Å²) in [5, 5.41) is 9.02. The fourth-order valence-electron chi connectivity index (χ4n) is 1.96. The fraction of sp³-hybridized carbons (Fsp3) is 0.429. The van der Waals surface area contributed by atoms with E-state index < -0.39 is 0 Å². The van der Waals surface area contributed by atoms with E-state index in [0.29, 0.717) is 23.9 Å². The van der Waals surface area contributed by atoms with Crippen molar-refractivity contribution in [3.8, 4) is 11.8 Å². The lowest BCUT2D eigenvalue weighted by Crippen LogP contribution is -2.36. The van der Waals surface area contributed by atoms with E-state index in [4.69, 9.17) is 10.00 Å². The summed E-state index contributed by atoms with van der Waals surface area (Å²) in [6.45, 7) is 2.66. The lowest BCUT2D eigenvalue weighted by atomic mass is 10.2. The maximum atomic E-state index is 12.0. The van der Waals surface area contributed by atoms with Crippen LogP contribution in [0.4, 0.5) is 0 Å². The molecule has 100 valence electrons. The highest BCUT2D eigenvalue weighted by Crippen LogP contribution is 2.27. The van der Waals surface area contributed by atoms with Crippen LogP contribution >= 0.6 is 15.9 Å². The minimum atomic E-state index is -0.0168. The van der Waals surface area contributed by atoms with Gasteiger partial charge in [-0.3, -0.25) is 4.79 Å². The molecule has 0 aliphatic heterocycles. The normalized spacial score (nSPS) is 13.7. The third kappa shape index (κ3) is 3.48. The molecule has 0 N–H and O–H groups in total. The van der Waals surface area contributed by atoms with Gasteiger partial charge in [0.05, 0.1) is 5.56 Å². The van der Waals surface area contributed by atoms with Crippen molar-refractivity contribution in [2.24, 2.45) is 0 Å². The number of carbonyl (C=O) groups excluding carboxylic acids is 1. The minimum absolute atomic E-state index is 0.0132. The lowest BCUT2D eigenvalue weighted by molar-refractivity contribution is -0.133. The third-order valence-corrected chi connectivity index (χ3v) is 3.56. The van der Waals surface area contributed by atoms with Crippen LogP contribution in [0, 0.1) is 11.3 Å². The van der Waals surface area contributed by atoms with Crippen LogP contribution in [0.25, 0.3) is 0 Å². The van der Waals surface area contributed by atoms with Crippen molar-refractivity contribution >= 4 is 21.8 Å². The maximum absolute atomic E-state index is 12.0. The number of halogens is 1. The summed E-state index contributed by atoms with van der Waals surface area (Å²) < 4.78 is 6.29. The number of carbonyl (C=O) groups is 1. The predicted molar refractivity (Wildman–Crippen MR) is 74.8 cm³/mol. The molecule has 0 aromatic heterocycles. The van der Waals surface area contributed by atoms with Crippen LogP contribution in [-0.2, 0) is 4.79 Å². The summed E-state index contributed by atoms with van der Waals surface area (Å²) in [4.78, 5) is 13.8. The molecular formula is C14H15BrN2O2. The van der Waals surface area contributed by atoms with Gasteiger partial charge in [-0.05, 0) is 38.0 Å². The second-order valence-corrected chi connectivity index (χ2v) is 5.37. The number of likely N-dealkylation sites (N-methyl/N-ethyl adjacent to an activating group) is 1. The number of amides is 1. The van der Waals surface area contributed by atoms with Crippen molar-refractivity contribution in [3.63, 3.8) is 0 Å². The number of benzene rings is 1. The minimum Gasteiger partial charge on any atom is -0.482 e. The Kier molecular flexibility index (Phi) is 4.43. The topological polar surface area (TPSA) is 53.3 Å². The van der Waals surface area contributed by atoms with E-state index in [1.165, 1.54) is 0 Å². The van der Waals surface area contributed by atoms with Gasteiger partial charge in [-0.1, -0.05) is 15.9 Å². The van der Waals surface area contributed by atoms with E-state index in [9.17, 15) is 4.79 Å². The van der Waals surface area contributed by atoms with Gasteiger partial charge in [-0.2, -0.15) is 5.26 Å². The number of nitrogens with zero attached hydrogens (tertiary/aromatic N) is 2. The zero-order valence-electron chi connectivity index (χ0n) is 10.7. The first kappa shape index (κ1) is 13.9. The molecular weight excluding hydrogens is 308 g/mol. The first-order valence-corrected chi connectivity index (χ1v) is 7.07. The molecule has 0 atom stereocenters. The highest BCUT2D eigenvalue weighted by atomic mass is 79.9. The second-order valence-electron chi connectivity index (χ2n) is 4.45. The molecule has 19 heavy (non-hydrogen) atoms. The van der Waals surface area contributed by atoms with Crippen LogP contribution in [0.2, 0.25) is 0 Å². The molecule has 5 heteroatoms. The molecule has 1 saturated carbocycles. The molecule has 0 saturated heterocycles. The standard InChI is InChI=1S/C14H15BrN2O2/c1-2-17(12-4-5-12)14(18)9-19-13-6-3-11(15)7-10(13)8-16/h3,6-7,12H,2,4-5,9H2,1H3. The Bertz CT molecular complexity index is 521. The molecule has 0 bridgehead atoms. The van der Waals surface area contributed by atoms with E-state index in [2.05, 4.69) is 22.0 Å². The van der Waals surface area contributed by atoms with Crippen LogP contribution in [0.15, 0.2) is 22.7 Å². The van der Waals surface area contributed by atoms with Crippen molar-refractivity contribution in [3.05, 3.63) is 28.2 Å². The van der Waals surface area contributed by atoms with Crippen LogP contribution in [0.5, 0.6) is 5.75 Å². The van der Waals surface area contributed by atoms with Gasteiger partial charge in [0.1, 0.15) is 11.8 Å². The number of hydrogen-bond donors (Lipinski definition) is 0. The Balaban J connectivity index is 1.98. The second kappa shape index (κ2) is 6.07. The van der Waals surface area contributed by atoms with Gasteiger partial charge in [0.15, 0.2) is 6.61 Å². The Morgan fingerprint density at radius 1 is 1.58 bits per heavy atom. The number of ether oxygens (including phenoxy) is 1. The molecule has 1 aliphatic rings. The van der Waals surface area contributed by atoms with E-state index in [1.807, 2.05) is 11.8 Å². The van der Waals surface area contributed by atoms with E-state index in [0.717, 1.165) is 17.3 Å². The summed E-state index contributed by atoms with van der Waals surface area (Å²) in [7, 11) is 0. The third-order valence-electron chi connectivity index (χ3n) is 3.06. The molecule has 4 nitrogen and oxygen atoms in total. The average molecular weight is 323 g/mol. The smallest absolute Gasteiger partial charge is 0.260 e. The maximum Gasteiger partial charge on any atom is 0.260 e. The van der Waals surface area contributed by atoms with Gasteiger partial charge >= 0.3 is 0 Å². The molecule has 0 heterocycles. The molecule has 1 aliphatic carbocycles. The Morgan fingerprint density at radius 2 is 2.32 bits per heavy atom. The number of hydrogen-bond acceptors (Lipinski definition) is 3. The molecule has 1 aromatic rings. The van der Waals surface area contributed by atoms with Gasteiger partial charge in [-0.15, -0.1) is 0 Å². The van der Waals surface area contributed by atoms with Gasteiger partial charge in [-0.25, -0.2) is 0 Å². The summed E-state index contributed by atoms with van der Waals surface area (Å²) in [5.41, 5.74) is 0.427. The van der Waals surface area contributed by atoms with Gasteiger partial charge in [0, 0.05) is 17.1 Å². The van der Waals surface area contributed by atoms with Gasteiger partial charge in [0.25, 0.3) is 5.91 Å². The highest BCUT2D eigenvalue weighted by molar-refractivity contribution is 9.10. The largest absolute Gasteiger partial charge is 0.482 e. The molecule has 1 aromatic carbocycles. The van der Waals surface area contributed by atoms with Gasteiger partial charge in [0.2, 0.25) is 0 Å². The zero-order chi connectivity index (χ0) is 13.8. The fourth-order valence-corrected chi connectivity index (χ4v) is 2.32. The monoisotopic (exact) mass is 322 g/mol. The predicted octanol–water partition coefficient (Wildman–Crippen LogP) is 2.71. The number of nitriles is 1. The SMILES string of the molecule is CCN(C(=O)COc1ccc(Br)cc1C#N)C1CC1. The quantitative estimate of drug-likeness (QED) is 0.837. The van der Waals surface area contributed by atoms with Crippen molar-refractivity contribution in [1.82, 2.24) is 4.90 Å². The Hall–Kier alpha value is -1.54. The molecule has 0 radical (unpaired) electrons. The zero-order valence-corrected chi connectivity index (χ0v) is 12.3. The van der Waals surface area contributed by atoms with Crippen molar-refractivity contribution < 1.29 is 9.53 Å². The molecule has 1 amide bonds.